The molecule has 4 heteroatoms. The molecule has 21 heavy (non-hydrogen) atoms. The zero-order chi connectivity index (χ0) is 15.2. The second kappa shape index (κ2) is 7.07. The van der Waals surface area contributed by atoms with E-state index in [-0.39, 0.29) is 11.9 Å². The third-order valence-electron chi connectivity index (χ3n) is 3.52. The lowest BCUT2D eigenvalue weighted by molar-refractivity contribution is -0.121. The summed E-state index contributed by atoms with van der Waals surface area (Å²) in [7, 11) is 0. The summed E-state index contributed by atoms with van der Waals surface area (Å²) in [5, 5.41) is 7.41. The molecule has 0 spiro atoms. The molecular weight excluding hydrogens is 262 g/mol. The number of aryl methyl sites for hydroxylation is 2. The second-order valence-electron chi connectivity index (χ2n) is 5.51. The van der Waals surface area contributed by atoms with Gasteiger partial charge in [0.25, 0.3) is 0 Å². The van der Waals surface area contributed by atoms with Crippen molar-refractivity contribution in [1.29, 1.82) is 0 Å². The normalized spacial score (nSPS) is 12.1. The first-order valence-electron chi connectivity index (χ1n) is 7.39. The molecule has 1 N–H and O–H groups in total. The van der Waals surface area contributed by atoms with Crippen LogP contribution in [-0.4, -0.2) is 22.2 Å². The fourth-order valence-electron chi connectivity index (χ4n) is 2.51. The van der Waals surface area contributed by atoms with Gasteiger partial charge in [0.05, 0.1) is 11.7 Å². The Hall–Kier alpha value is -2.10. The highest BCUT2D eigenvalue weighted by atomic mass is 16.1. The van der Waals surface area contributed by atoms with Crippen molar-refractivity contribution in [2.24, 2.45) is 0 Å². The monoisotopic (exact) mass is 285 g/mol. The highest BCUT2D eigenvalue weighted by molar-refractivity contribution is 5.76. The van der Waals surface area contributed by atoms with Gasteiger partial charge in [-0.05, 0) is 38.8 Å². The van der Waals surface area contributed by atoms with E-state index in [1.807, 2.05) is 49.7 Å². The molecule has 0 radical (unpaired) electrons. The van der Waals surface area contributed by atoms with Gasteiger partial charge >= 0.3 is 0 Å². The van der Waals surface area contributed by atoms with Gasteiger partial charge in [-0.15, -0.1) is 0 Å². The van der Waals surface area contributed by atoms with Crippen molar-refractivity contribution in [3.63, 3.8) is 0 Å². The molecule has 1 amide bonds. The molecule has 0 aliphatic rings. The molecular formula is C17H23N3O. The van der Waals surface area contributed by atoms with Crippen molar-refractivity contribution in [3.8, 4) is 0 Å². The Labute approximate surface area is 126 Å². The molecule has 4 nitrogen and oxygen atoms in total. The van der Waals surface area contributed by atoms with E-state index in [9.17, 15) is 4.79 Å². The summed E-state index contributed by atoms with van der Waals surface area (Å²) in [6, 6.07) is 12.3. The molecule has 0 saturated carbocycles. The molecule has 0 aliphatic carbocycles. The molecule has 1 heterocycles. The number of rotatable bonds is 6. The Kier molecular flexibility index (Phi) is 5.14. The number of hydrogen-bond acceptors (Lipinski definition) is 2. The molecule has 2 rings (SSSR count). The van der Waals surface area contributed by atoms with E-state index in [4.69, 9.17) is 0 Å². The minimum atomic E-state index is 0.0750. The molecule has 1 atom stereocenters. The molecule has 0 fully saturated rings. The molecule has 112 valence electrons. The number of aromatic nitrogens is 2. The van der Waals surface area contributed by atoms with Crippen molar-refractivity contribution in [2.45, 2.75) is 39.7 Å². The van der Waals surface area contributed by atoms with Crippen LogP contribution in [0.5, 0.6) is 0 Å². The molecule has 0 bridgehead atoms. The summed E-state index contributed by atoms with van der Waals surface area (Å²) in [5.41, 5.74) is 3.32. The SMILES string of the molecule is Cc1cc(C)n(C(C)CC(=O)NCCc2ccccc2)n1. The van der Waals surface area contributed by atoms with E-state index < -0.39 is 0 Å². The van der Waals surface area contributed by atoms with Crippen molar-refractivity contribution >= 4 is 5.91 Å². The highest BCUT2D eigenvalue weighted by Gasteiger charge is 2.13. The van der Waals surface area contributed by atoms with Crippen LogP contribution in [0, 0.1) is 13.8 Å². The number of carbonyl (C=O) groups is 1. The number of carbonyl (C=O) groups excluding carboxylic acids is 1. The Bertz CT molecular complexity index is 589. The summed E-state index contributed by atoms with van der Waals surface area (Å²) in [6.45, 7) is 6.68. The van der Waals surface area contributed by atoms with Crippen molar-refractivity contribution in [3.05, 3.63) is 53.3 Å². The number of nitrogens with zero attached hydrogens (tertiary/aromatic N) is 2. The largest absolute Gasteiger partial charge is 0.356 e. The van der Waals surface area contributed by atoms with Crippen LogP contribution in [-0.2, 0) is 11.2 Å². The van der Waals surface area contributed by atoms with Gasteiger partial charge in [0.15, 0.2) is 0 Å². The van der Waals surface area contributed by atoms with Crippen LogP contribution in [0.25, 0.3) is 0 Å². The Morgan fingerprint density at radius 2 is 2.00 bits per heavy atom. The van der Waals surface area contributed by atoms with Crippen LogP contribution in [0.2, 0.25) is 0 Å². The predicted molar refractivity (Wildman–Crippen MR) is 84.2 cm³/mol. The van der Waals surface area contributed by atoms with Crippen molar-refractivity contribution in [2.75, 3.05) is 6.54 Å². The van der Waals surface area contributed by atoms with Gasteiger partial charge in [0.1, 0.15) is 0 Å². The quantitative estimate of drug-likeness (QED) is 0.887. The number of nitrogens with one attached hydrogen (secondary N) is 1. The summed E-state index contributed by atoms with van der Waals surface area (Å²) < 4.78 is 1.92. The lowest BCUT2D eigenvalue weighted by atomic mass is 10.1. The molecule has 1 unspecified atom stereocenters. The minimum Gasteiger partial charge on any atom is -0.356 e. The molecule has 1 aromatic heterocycles. The topological polar surface area (TPSA) is 46.9 Å². The van der Waals surface area contributed by atoms with E-state index in [2.05, 4.69) is 22.5 Å². The zero-order valence-electron chi connectivity index (χ0n) is 13.0. The Morgan fingerprint density at radius 3 is 2.62 bits per heavy atom. The average molecular weight is 285 g/mol. The van der Waals surface area contributed by atoms with E-state index in [0.717, 1.165) is 17.8 Å². The summed E-state index contributed by atoms with van der Waals surface area (Å²) in [6.07, 6.45) is 1.32. The Balaban J connectivity index is 1.78. The van der Waals surface area contributed by atoms with Crippen molar-refractivity contribution in [1.82, 2.24) is 15.1 Å². The minimum absolute atomic E-state index is 0.0750. The van der Waals surface area contributed by atoms with Crippen LogP contribution >= 0.6 is 0 Å². The maximum atomic E-state index is 12.0. The van der Waals surface area contributed by atoms with Crippen LogP contribution < -0.4 is 5.32 Å². The van der Waals surface area contributed by atoms with Crippen molar-refractivity contribution < 1.29 is 4.79 Å². The van der Waals surface area contributed by atoms with Crippen LogP contribution in [0.4, 0.5) is 0 Å². The standard InChI is InChI=1S/C17H23N3O/c1-13-11-14(2)20(19-13)15(3)12-17(21)18-10-9-16-7-5-4-6-8-16/h4-8,11,15H,9-10,12H2,1-3H3,(H,18,21). The first-order chi connectivity index (χ1) is 10.1. The number of amides is 1. The summed E-state index contributed by atoms with van der Waals surface area (Å²) >= 11 is 0. The second-order valence-corrected chi connectivity index (χ2v) is 5.51. The smallest absolute Gasteiger partial charge is 0.222 e. The van der Waals surface area contributed by atoms with Gasteiger partial charge in [0, 0.05) is 18.7 Å². The third kappa shape index (κ3) is 4.45. The van der Waals surface area contributed by atoms with Gasteiger partial charge in [-0.2, -0.15) is 5.10 Å². The van der Waals surface area contributed by atoms with Gasteiger partial charge < -0.3 is 5.32 Å². The molecule has 0 saturated heterocycles. The lowest BCUT2D eigenvalue weighted by Gasteiger charge is -2.14. The van der Waals surface area contributed by atoms with E-state index in [0.29, 0.717) is 13.0 Å². The van der Waals surface area contributed by atoms with Crippen LogP contribution in [0.15, 0.2) is 36.4 Å². The summed E-state index contributed by atoms with van der Waals surface area (Å²) in [4.78, 5) is 12.0. The van der Waals surface area contributed by atoms with E-state index in [1.54, 1.807) is 0 Å². The van der Waals surface area contributed by atoms with Gasteiger partial charge in [-0.25, -0.2) is 0 Å². The van der Waals surface area contributed by atoms with Gasteiger partial charge in [0.2, 0.25) is 5.91 Å². The molecule has 2 aromatic rings. The predicted octanol–water partition coefficient (Wildman–Crippen LogP) is 2.81. The third-order valence-corrected chi connectivity index (χ3v) is 3.52. The fraction of sp³-hybridized carbons (Fsp3) is 0.412. The number of benzene rings is 1. The molecule has 0 aliphatic heterocycles. The highest BCUT2D eigenvalue weighted by Crippen LogP contribution is 2.13. The first kappa shape index (κ1) is 15.3. The fourth-order valence-corrected chi connectivity index (χ4v) is 2.51. The lowest BCUT2D eigenvalue weighted by Crippen LogP contribution is -2.28. The summed E-state index contributed by atoms with van der Waals surface area (Å²) in [5.74, 6) is 0.0750. The Morgan fingerprint density at radius 1 is 1.29 bits per heavy atom. The van der Waals surface area contributed by atoms with E-state index in [1.165, 1.54) is 5.56 Å². The van der Waals surface area contributed by atoms with Crippen LogP contribution in [0.3, 0.4) is 0 Å². The maximum absolute atomic E-state index is 12.0. The number of hydrogen-bond donors (Lipinski definition) is 1. The van der Waals surface area contributed by atoms with Gasteiger partial charge in [-0.1, -0.05) is 30.3 Å². The van der Waals surface area contributed by atoms with E-state index >= 15 is 0 Å². The van der Waals surface area contributed by atoms with Gasteiger partial charge in [-0.3, -0.25) is 9.48 Å². The molecule has 1 aromatic carbocycles. The zero-order valence-corrected chi connectivity index (χ0v) is 13.0. The average Bonchev–Trinajstić information content (AvgIpc) is 2.79. The first-order valence-corrected chi connectivity index (χ1v) is 7.39. The maximum Gasteiger partial charge on any atom is 0.222 e. The van der Waals surface area contributed by atoms with Crippen LogP contribution in [0.1, 0.15) is 36.3 Å².